The minimum absolute atomic E-state index is 0.0321. The molecule has 116 valence electrons. The minimum Gasteiger partial charge on any atom is -0.399 e. The van der Waals surface area contributed by atoms with Gasteiger partial charge in [0.2, 0.25) is 11.9 Å². The first-order valence-electron chi connectivity index (χ1n) is 6.88. The van der Waals surface area contributed by atoms with Crippen LogP contribution in [0, 0.1) is 6.92 Å². The molecule has 2 aromatic rings. The van der Waals surface area contributed by atoms with Crippen molar-refractivity contribution in [1.29, 1.82) is 0 Å². The molecule has 1 amide bonds. The number of nitrogens with two attached hydrogens (primary N) is 2. The number of rotatable bonds is 6. The molecule has 0 bridgehead atoms. The van der Waals surface area contributed by atoms with Crippen LogP contribution in [-0.2, 0) is 11.2 Å². The average Bonchev–Trinajstić information content (AvgIpc) is 2.46. The average molecular weight is 317 g/mol. The molecular formula is C15H19N5OS. The van der Waals surface area contributed by atoms with E-state index in [9.17, 15) is 4.79 Å². The molecule has 0 saturated heterocycles. The summed E-state index contributed by atoms with van der Waals surface area (Å²) < 4.78 is 0. The summed E-state index contributed by atoms with van der Waals surface area (Å²) in [5, 5.41) is 3.59. The maximum absolute atomic E-state index is 11.8. The Morgan fingerprint density at radius 1 is 1.23 bits per heavy atom. The monoisotopic (exact) mass is 317 g/mol. The molecule has 0 fully saturated rings. The number of aryl methyl sites for hydroxylation is 1. The normalized spacial score (nSPS) is 10.4. The highest BCUT2D eigenvalue weighted by Crippen LogP contribution is 2.16. The molecule has 5 N–H and O–H groups in total. The van der Waals surface area contributed by atoms with Crippen LogP contribution in [0.25, 0.3) is 0 Å². The number of anilines is 2. The van der Waals surface area contributed by atoms with E-state index in [0.29, 0.717) is 17.3 Å². The topological polar surface area (TPSA) is 107 Å². The van der Waals surface area contributed by atoms with Gasteiger partial charge in [0.05, 0.1) is 5.75 Å². The summed E-state index contributed by atoms with van der Waals surface area (Å²) in [5.41, 5.74) is 13.9. The first-order chi connectivity index (χ1) is 10.5. The van der Waals surface area contributed by atoms with Crippen molar-refractivity contribution in [3.05, 3.63) is 41.6 Å². The van der Waals surface area contributed by atoms with E-state index in [1.54, 1.807) is 0 Å². The van der Waals surface area contributed by atoms with E-state index in [0.717, 1.165) is 23.4 Å². The van der Waals surface area contributed by atoms with Gasteiger partial charge in [-0.15, -0.1) is 0 Å². The summed E-state index contributed by atoms with van der Waals surface area (Å²) >= 11 is 1.35. The van der Waals surface area contributed by atoms with Gasteiger partial charge < -0.3 is 16.8 Å². The van der Waals surface area contributed by atoms with Crippen LogP contribution in [0.2, 0.25) is 0 Å². The minimum atomic E-state index is -0.0321. The lowest BCUT2D eigenvalue weighted by Gasteiger charge is -2.06. The van der Waals surface area contributed by atoms with Crippen molar-refractivity contribution in [3.63, 3.8) is 0 Å². The summed E-state index contributed by atoms with van der Waals surface area (Å²) in [6, 6.07) is 9.44. The van der Waals surface area contributed by atoms with Gasteiger partial charge in [0.15, 0.2) is 0 Å². The van der Waals surface area contributed by atoms with Crippen molar-refractivity contribution in [3.8, 4) is 0 Å². The first kappa shape index (κ1) is 16.1. The summed E-state index contributed by atoms with van der Waals surface area (Å²) in [7, 11) is 0. The van der Waals surface area contributed by atoms with Crippen molar-refractivity contribution in [2.75, 3.05) is 23.8 Å². The number of nitrogen functional groups attached to an aromatic ring is 2. The SMILES string of the molecule is Cc1cc(SCC(=O)NCCc2ccc(N)cc2)nc(N)n1. The van der Waals surface area contributed by atoms with Gasteiger partial charge in [0.1, 0.15) is 5.03 Å². The highest BCUT2D eigenvalue weighted by molar-refractivity contribution is 7.99. The van der Waals surface area contributed by atoms with Gasteiger partial charge in [0, 0.05) is 17.9 Å². The summed E-state index contributed by atoms with van der Waals surface area (Å²) in [6.07, 6.45) is 0.774. The van der Waals surface area contributed by atoms with E-state index in [4.69, 9.17) is 11.5 Å². The van der Waals surface area contributed by atoms with Crippen LogP contribution in [0.15, 0.2) is 35.4 Å². The third kappa shape index (κ3) is 5.25. The van der Waals surface area contributed by atoms with Crippen LogP contribution >= 0.6 is 11.8 Å². The second-order valence-electron chi connectivity index (χ2n) is 4.84. The molecule has 0 aliphatic carbocycles. The zero-order chi connectivity index (χ0) is 15.9. The van der Waals surface area contributed by atoms with E-state index < -0.39 is 0 Å². The molecule has 2 rings (SSSR count). The van der Waals surface area contributed by atoms with Crippen molar-refractivity contribution >= 4 is 29.3 Å². The van der Waals surface area contributed by atoms with E-state index in [1.807, 2.05) is 37.3 Å². The highest BCUT2D eigenvalue weighted by Gasteiger charge is 2.05. The molecule has 0 atom stereocenters. The van der Waals surface area contributed by atoms with E-state index >= 15 is 0 Å². The quantitative estimate of drug-likeness (QED) is 0.422. The molecule has 0 saturated carbocycles. The number of aromatic nitrogens is 2. The third-order valence-electron chi connectivity index (χ3n) is 2.91. The highest BCUT2D eigenvalue weighted by atomic mass is 32.2. The van der Waals surface area contributed by atoms with Crippen LogP contribution in [0.5, 0.6) is 0 Å². The van der Waals surface area contributed by atoms with Crippen molar-refractivity contribution in [1.82, 2.24) is 15.3 Å². The van der Waals surface area contributed by atoms with Crippen molar-refractivity contribution < 1.29 is 4.79 Å². The fraction of sp³-hybridized carbons (Fsp3) is 0.267. The summed E-state index contributed by atoms with van der Waals surface area (Å²) in [5.74, 6) is 0.499. The fourth-order valence-electron chi connectivity index (χ4n) is 1.86. The van der Waals surface area contributed by atoms with Crippen LogP contribution in [0.4, 0.5) is 11.6 Å². The van der Waals surface area contributed by atoms with Gasteiger partial charge in [-0.2, -0.15) is 0 Å². The van der Waals surface area contributed by atoms with Crippen molar-refractivity contribution in [2.24, 2.45) is 0 Å². The number of carbonyl (C=O) groups is 1. The lowest BCUT2D eigenvalue weighted by Crippen LogP contribution is -2.27. The number of hydrogen-bond donors (Lipinski definition) is 3. The molecule has 0 aliphatic heterocycles. The molecule has 0 radical (unpaired) electrons. The standard InChI is InChI=1S/C15H19N5OS/c1-10-8-14(20-15(17)19-10)22-9-13(21)18-7-6-11-2-4-12(16)5-3-11/h2-5,8H,6-7,9,16H2,1H3,(H,18,21)(H2,17,19,20). The largest absolute Gasteiger partial charge is 0.399 e. The summed E-state index contributed by atoms with van der Waals surface area (Å²) in [6.45, 7) is 2.43. The van der Waals surface area contributed by atoms with Gasteiger partial charge in [-0.1, -0.05) is 23.9 Å². The molecule has 22 heavy (non-hydrogen) atoms. The lowest BCUT2D eigenvalue weighted by molar-refractivity contribution is -0.118. The second kappa shape index (κ2) is 7.65. The van der Waals surface area contributed by atoms with Gasteiger partial charge >= 0.3 is 0 Å². The van der Waals surface area contributed by atoms with Crippen LogP contribution in [-0.4, -0.2) is 28.2 Å². The van der Waals surface area contributed by atoms with E-state index in [1.165, 1.54) is 11.8 Å². The number of carbonyl (C=O) groups excluding carboxylic acids is 1. The second-order valence-corrected chi connectivity index (χ2v) is 5.83. The smallest absolute Gasteiger partial charge is 0.230 e. The molecule has 7 heteroatoms. The van der Waals surface area contributed by atoms with Crippen LogP contribution in [0.3, 0.4) is 0 Å². The molecule has 6 nitrogen and oxygen atoms in total. The van der Waals surface area contributed by atoms with Gasteiger partial charge in [-0.3, -0.25) is 4.79 Å². The fourth-order valence-corrected chi connectivity index (χ4v) is 2.65. The van der Waals surface area contributed by atoms with Crippen molar-refractivity contribution in [2.45, 2.75) is 18.4 Å². The number of nitrogens with one attached hydrogen (secondary N) is 1. The Morgan fingerprint density at radius 3 is 2.64 bits per heavy atom. The zero-order valence-corrected chi connectivity index (χ0v) is 13.2. The molecule has 1 aromatic heterocycles. The first-order valence-corrected chi connectivity index (χ1v) is 7.86. The Bertz CT molecular complexity index is 625. The Morgan fingerprint density at radius 2 is 1.95 bits per heavy atom. The molecule has 1 heterocycles. The molecule has 0 unspecified atom stereocenters. The molecule has 1 aromatic carbocycles. The van der Waals surface area contributed by atoms with Crippen LogP contribution < -0.4 is 16.8 Å². The number of amides is 1. The van der Waals surface area contributed by atoms with Gasteiger partial charge in [-0.05, 0) is 37.1 Å². The summed E-state index contributed by atoms with van der Waals surface area (Å²) in [4.78, 5) is 19.9. The Hall–Kier alpha value is -2.28. The lowest BCUT2D eigenvalue weighted by atomic mass is 10.1. The third-order valence-corrected chi connectivity index (χ3v) is 3.83. The van der Waals surface area contributed by atoms with E-state index in [-0.39, 0.29) is 11.9 Å². The molecule has 0 aliphatic rings. The number of thioether (sulfide) groups is 1. The number of benzene rings is 1. The van der Waals surface area contributed by atoms with Crippen LogP contribution in [0.1, 0.15) is 11.3 Å². The Balaban J connectivity index is 1.72. The number of hydrogen-bond acceptors (Lipinski definition) is 6. The predicted octanol–water partition coefficient (Wildman–Crippen LogP) is 1.40. The van der Waals surface area contributed by atoms with E-state index in [2.05, 4.69) is 15.3 Å². The zero-order valence-electron chi connectivity index (χ0n) is 12.4. The maximum Gasteiger partial charge on any atom is 0.230 e. The molecular weight excluding hydrogens is 298 g/mol. The maximum atomic E-state index is 11.8. The molecule has 0 spiro atoms. The number of nitrogens with zero attached hydrogens (tertiary/aromatic N) is 2. The Kier molecular flexibility index (Phi) is 5.60. The Labute approximate surface area is 133 Å². The van der Waals surface area contributed by atoms with Gasteiger partial charge in [-0.25, -0.2) is 9.97 Å². The van der Waals surface area contributed by atoms with Gasteiger partial charge in [0.25, 0.3) is 0 Å². The predicted molar refractivity (Wildman–Crippen MR) is 89.5 cm³/mol.